The molecule has 0 spiro atoms. The highest BCUT2D eigenvalue weighted by Crippen LogP contribution is 2.39. The number of halogens is 3. The SMILES string of the molecule is CN(C(=O)O)[C@@H](C(=O)N1CCN2C[C@H](Oc3cnc(C4CC4)cn3)C[C@H]2C1)c1ccc(C(F)(F)F)cc1. The number of fused-ring (bicyclic) bond motifs is 1. The summed E-state index contributed by atoms with van der Waals surface area (Å²) in [4.78, 5) is 38.7. The van der Waals surface area contributed by atoms with Gasteiger partial charge in [-0.2, -0.15) is 13.2 Å². The molecule has 9 nitrogen and oxygen atoms in total. The van der Waals surface area contributed by atoms with Gasteiger partial charge in [-0.3, -0.25) is 19.6 Å². The number of nitrogens with zero attached hydrogens (tertiary/aromatic N) is 5. The quantitative estimate of drug-likeness (QED) is 0.625. The third-order valence-corrected chi connectivity index (χ3v) is 7.30. The number of hydrogen-bond acceptors (Lipinski definition) is 6. The van der Waals surface area contributed by atoms with Gasteiger partial charge in [-0.1, -0.05) is 12.1 Å². The first-order valence-electron chi connectivity index (χ1n) is 12.2. The zero-order chi connectivity index (χ0) is 26.3. The van der Waals surface area contributed by atoms with Crippen LogP contribution in [0.3, 0.4) is 0 Å². The predicted octanol–water partition coefficient (Wildman–Crippen LogP) is 3.39. The Morgan fingerprint density at radius 3 is 2.43 bits per heavy atom. The first-order valence-corrected chi connectivity index (χ1v) is 12.2. The number of ether oxygens (including phenoxy) is 1. The van der Waals surface area contributed by atoms with Gasteiger partial charge in [-0.25, -0.2) is 9.78 Å². The van der Waals surface area contributed by atoms with E-state index in [4.69, 9.17) is 4.74 Å². The molecule has 3 aliphatic rings. The van der Waals surface area contributed by atoms with Gasteiger partial charge in [0, 0.05) is 51.6 Å². The Morgan fingerprint density at radius 1 is 1.11 bits per heavy atom. The molecule has 1 N–H and O–H groups in total. The number of carbonyl (C=O) groups excluding carboxylic acids is 1. The summed E-state index contributed by atoms with van der Waals surface area (Å²) in [6, 6.07) is 2.82. The van der Waals surface area contributed by atoms with Crippen LogP contribution in [-0.4, -0.2) is 87.1 Å². The van der Waals surface area contributed by atoms with E-state index >= 15 is 0 Å². The Bertz CT molecular complexity index is 1140. The molecule has 2 saturated heterocycles. The van der Waals surface area contributed by atoms with Crippen molar-refractivity contribution in [3.63, 3.8) is 0 Å². The van der Waals surface area contributed by atoms with Crippen LogP contribution < -0.4 is 4.74 Å². The van der Waals surface area contributed by atoms with E-state index in [9.17, 15) is 27.9 Å². The number of carbonyl (C=O) groups is 2. The largest absolute Gasteiger partial charge is 0.472 e. The molecule has 0 radical (unpaired) electrons. The van der Waals surface area contributed by atoms with Crippen LogP contribution in [0.25, 0.3) is 0 Å². The molecule has 1 aliphatic carbocycles. The Balaban J connectivity index is 1.25. The topological polar surface area (TPSA) is 99.1 Å². The first-order chi connectivity index (χ1) is 17.6. The van der Waals surface area contributed by atoms with Crippen LogP contribution in [0.5, 0.6) is 5.88 Å². The van der Waals surface area contributed by atoms with Crippen molar-refractivity contribution < 1.29 is 32.6 Å². The Kier molecular flexibility index (Phi) is 6.69. The molecule has 2 aliphatic heterocycles. The number of amides is 2. The average Bonchev–Trinajstić information content (AvgIpc) is 3.63. The Labute approximate surface area is 211 Å². The molecule has 3 atom stereocenters. The molecule has 0 unspecified atom stereocenters. The van der Waals surface area contributed by atoms with Gasteiger partial charge in [0.2, 0.25) is 11.8 Å². The summed E-state index contributed by atoms with van der Waals surface area (Å²) < 4.78 is 45.0. The predicted molar refractivity (Wildman–Crippen MR) is 125 cm³/mol. The van der Waals surface area contributed by atoms with Crippen molar-refractivity contribution in [1.29, 1.82) is 0 Å². The number of aromatic nitrogens is 2. The molecule has 12 heteroatoms. The van der Waals surface area contributed by atoms with Gasteiger partial charge in [0.1, 0.15) is 12.1 Å². The molecule has 1 saturated carbocycles. The second kappa shape index (κ2) is 9.81. The summed E-state index contributed by atoms with van der Waals surface area (Å²) in [5.74, 6) is 0.514. The maximum absolute atomic E-state index is 13.5. The highest BCUT2D eigenvalue weighted by molar-refractivity contribution is 5.86. The highest BCUT2D eigenvalue weighted by atomic mass is 19.4. The lowest BCUT2D eigenvalue weighted by molar-refractivity contribution is -0.138. The maximum atomic E-state index is 13.5. The fourth-order valence-corrected chi connectivity index (χ4v) is 5.10. The van der Waals surface area contributed by atoms with Gasteiger partial charge in [0.05, 0.1) is 23.7 Å². The van der Waals surface area contributed by atoms with Crippen molar-refractivity contribution in [2.45, 2.75) is 49.5 Å². The van der Waals surface area contributed by atoms with Crippen LogP contribution in [0, 0.1) is 0 Å². The smallest absolute Gasteiger partial charge is 0.416 e. The second-order valence-electron chi connectivity index (χ2n) is 9.88. The molecule has 3 heterocycles. The Morgan fingerprint density at radius 2 is 1.84 bits per heavy atom. The molecule has 5 rings (SSSR count). The van der Waals surface area contributed by atoms with Gasteiger partial charge >= 0.3 is 12.3 Å². The summed E-state index contributed by atoms with van der Waals surface area (Å²) in [5, 5.41) is 9.56. The fourth-order valence-electron chi connectivity index (χ4n) is 5.10. The fraction of sp³-hybridized carbons (Fsp3) is 0.520. The lowest BCUT2D eigenvalue weighted by Gasteiger charge is -2.39. The molecule has 0 bridgehead atoms. The van der Waals surface area contributed by atoms with Gasteiger partial charge in [-0.05, 0) is 30.5 Å². The monoisotopic (exact) mass is 519 g/mol. The summed E-state index contributed by atoms with van der Waals surface area (Å²) in [6.07, 6.45) is 0.367. The molecular formula is C25H28F3N5O4. The number of benzene rings is 1. The van der Waals surface area contributed by atoms with E-state index in [-0.39, 0.29) is 17.7 Å². The number of alkyl halides is 3. The third-order valence-electron chi connectivity index (χ3n) is 7.30. The summed E-state index contributed by atoms with van der Waals surface area (Å²) in [7, 11) is 1.24. The number of carboxylic acid groups (broad SMARTS) is 1. The average molecular weight is 520 g/mol. The van der Waals surface area contributed by atoms with E-state index in [1.54, 1.807) is 17.3 Å². The van der Waals surface area contributed by atoms with E-state index in [0.717, 1.165) is 47.7 Å². The first kappa shape index (κ1) is 25.2. The number of hydrogen-bond donors (Lipinski definition) is 1. The summed E-state index contributed by atoms with van der Waals surface area (Å²) >= 11 is 0. The van der Waals surface area contributed by atoms with E-state index in [0.29, 0.717) is 44.4 Å². The van der Waals surface area contributed by atoms with Crippen LogP contribution in [0.1, 0.15) is 48.0 Å². The van der Waals surface area contributed by atoms with Crippen molar-refractivity contribution in [3.05, 3.63) is 53.5 Å². The molecular weight excluding hydrogens is 491 g/mol. The van der Waals surface area contributed by atoms with Crippen molar-refractivity contribution in [2.24, 2.45) is 0 Å². The minimum atomic E-state index is -4.53. The van der Waals surface area contributed by atoms with Gasteiger partial charge in [0.25, 0.3) is 0 Å². The van der Waals surface area contributed by atoms with Crippen molar-refractivity contribution in [3.8, 4) is 5.88 Å². The lowest BCUT2D eigenvalue weighted by Crippen LogP contribution is -2.54. The number of piperazine rings is 1. The molecule has 1 aromatic carbocycles. The van der Waals surface area contributed by atoms with E-state index < -0.39 is 29.8 Å². The van der Waals surface area contributed by atoms with Gasteiger partial charge in [0.15, 0.2) is 0 Å². The Hall–Kier alpha value is -3.41. The van der Waals surface area contributed by atoms with Crippen LogP contribution in [0.4, 0.5) is 18.0 Å². The summed E-state index contributed by atoms with van der Waals surface area (Å²) in [6.45, 7) is 2.01. The second-order valence-corrected chi connectivity index (χ2v) is 9.88. The summed E-state index contributed by atoms with van der Waals surface area (Å²) in [5.41, 5.74) is 0.309. The molecule has 1 aromatic heterocycles. The van der Waals surface area contributed by atoms with Crippen LogP contribution >= 0.6 is 0 Å². The van der Waals surface area contributed by atoms with Crippen molar-refractivity contribution >= 4 is 12.0 Å². The number of likely N-dealkylation sites (N-methyl/N-ethyl adjacent to an activating group) is 1. The molecule has 198 valence electrons. The van der Waals surface area contributed by atoms with Gasteiger partial charge < -0.3 is 14.7 Å². The zero-order valence-electron chi connectivity index (χ0n) is 20.3. The molecule has 2 aromatic rings. The molecule has 37 heavy (non-hydrogen) atoms. The third kappa shape index (κ3) is 5.48. The van der Waals surface area contributed by atoms with E-state index in [2.05, 4.69) is 14.9 Å². The minimum Gasteiger partial charge on any atom is -0.472 e. The normalized spacial score (nSPS) is 22.9. The van der Waals surface area contributed by atoms with E-state index in [1.807, 2.05) is 0 Å². The highest BCUT2D eigenvalue weighted by Gasteiger charge is 2.41. The van der Waals surface area contributed by atoms with Crippen LogP contribution in [0.15, 0.2) is 36.7 Å². The van der Waals surface area contributed by atoms with Gasteiger partial charge in [-0.15, -0.1) is 0 Å². The van der Waals surface area contributed by atoms with Crippen LogP contribution in [0.2, 0.25) is 0 Å². The van der Waals surface area contributed by atoms with Crippen molar-refractivity contribution in [1.82, 2.24) is 24.7 Å². The number of rotatable bonds is 6. The standard InChI is InChI=1S/C25H28F3N5O4/c1-31(24(35)36)22(16-4-6-17(7-5-16)25(26,27)28)23(34)33-9-8-32-14-19(10-18(32)13-33)37-21-12-29-20(11-30-21)15-2-3-15/h4-7,11-12,15,18-19,22H,2-3,8-10,13-14H2,1H3,(H,35,36)/t18-,19+,22+/m0/s1. The lowest BCUT2D eigenvalue weighted by atomic mass is 10.0. The van der Waals surface area contributed by atoms with E-state index in [1.165, 1.54) is 7.05 Å². The minimum absolute atomic E-state index is 0.0183. The molecule has 3 fully saturated rings. The zero-order valence-corrected chi connectivity index (χ0v) is 20.3. The van der Waals surface area contributed by atoms with Crippen molar-refractivity contribution in [2.75, 3.05) is 33.2 Å². The van der Waals surface area contributed by atoms with Crippen LogP contribution in [-0.2, 0) is 11.0 Å². The molecule has 2 amide bonds. The maximum Gasteiger partial charge on any atom is 0.416 e.